The number of aromatic nitrogens is 5. The van der Waals surface area contributed by atoms with E-state index in [9.17, 15) is 4.39 Å². The fraction of sp³-hybridized carbons (Fsp3) is 0.379. The second kappa shape index (κ2) is 11.6. The lowest BCUT2D eigenvalue weighted by Gasteiger charge is -2.35. The van der Waals surface area contributed by atoms with Crippen molar-refractivity contribution in [1.82, 2.24) is 29.6 Å². The number of nitrogens with one attached hydrogen (secondary N) is 1. The molecule has 40 heavy (non-hydrogen) atoms. The summed E-state index contributed by atoms with van der Waals surface area (Å²) in [7, 11) is 3.64. The number of benzene rings is 1. The zero-order valence-corrected chi connectivity index (χ0v) is 22.8. The molecular formula is C29H33FN8O2. The fourth-order valence-electron chi connectivity index (χ4n) is 5.24. The molecule has 2 saturated heterocycles. The monoisotopic (exact) mass is 544 g/mol. The third-order valence-corrected chi connectivity index (χ3v) is 7.53. The summed E-state index contributed by atoms with van der Waals surface area (Å²) < 4.78 is 27.6. The SMILES string of the molecule is COc1cccc(F)c1-c1nccc(Nc2cc(N3CCN(C)CC3)c(-c3cnn(C4CCOCC4)c3)cn2)n1. The highest BCUT2D eigenvalue weighted by Gasteiger charge is 2.22. The number of hydrogen-bond donors (Lipinski definition) is 1. The maximum Gasteiger partial charge on any atom is 0.168 e. The van der Waals surface area contributed by atoms with Crippen molar-refractivity contribution in [3.8, 4) is 28.3 Å². The van der Waals surface area contributed by atoms with Crippen molar-refractivity contribution in [3.05, 3.63) is 60.9 Å². The van der Waals surface area contributed by atoms with Crippen molar-refractivity contribution >= 4 is 17.3 Å². The van der Waals surface area contributed by atoms with E-state index in [-0.39, 0.29) is 11.4 Å². The van der Waals surface area contributed by atoms with E-state index in [1.165, 1.54) is 13.2 Å². The van der Waals surface area contributed by atoms with Crippen LogP contribution in [0.5, 0.6) is 5.75 Å². The second-order valence-electron chi connectivity index (χ2n) is 10.1. The average molecular weight is 545 g/mol. The third-order valence-electron chi connectivity index (χ3n) is 7.53. The van der Waals surface area contributed by atoms with Gasteiger partial charge in [0.1, 0.15) is 23.2 Å². The molecule has 2 fully saturated rings. The Bertz CT molecular complexity index is 1460. The van der Waals surface area contributed by atoms with Crippen LogP contribution in [0.4, 0.5) is 21.7 Å². The first-order chi connectivity index (χ1) is 19.6. The number of anilines is 3. The first-order valence-electron chi connectivity index (χ1n) is 13.6. The Morgan fingerprint density at radius 3 is 2.65 bits per heavy atom. The molecule has 6 rings (SSSR count). The van der Waals surface area contributed by atoms with Crippen LogP contribution in [0.25, 0.3) is 22.5 Å². The number of methoxy groups -OCH3 is 1. The Kier molecular flexibility index (Phi) is 7.56. The first-order valence-corrected chi connectivity index (χ1v) is 13.6. The van der Waals surface area contributed by atoms with E-state index >= 15 is 0 Å². The molecule has 0 radical (unpaired) electrons. The Labute approximate surface area is 232 Å². The van der Waals surface area contributed by atoms with Gasteiger partial charge in [-0.1, -0.05) is 6.07 Å². The van der Waals surface area contributed by atoms with Gasteiger partial charge in [0.2, 0.25) is 0 Å². The van der Waals surface area contributed by atoms with Crippen molar-refractivity contribution in [2.75, 3.05) is 63.8 Å². The van der Waals surface area contributed by atoms with Crippen LogP contribution in [0.3, 0.4) is 0 Å². The number of rotatable bonds is 7. The van der Waals surface area contributed by atoms with Crippen molar-refractivity contribution in [2.24, 2.45) is 0 Å². The summed E-state index contributed by atoms with van der Waals surface area (Å²) in [6, 6.07) is 8.79. The van der Waals surface area contributed by atoms with E-state index in [1.54, 1.807) is 24.4 Å². The lowest BCUT2D eigenvalue weighted by Crippen LogP contribution is -2.44. The van der Waals surface area contributed by atoms with Gasteiger partial charge in [-0.15, -0.1) is 0 Å². The molecule has 0 spiro atoms. The smallest absolute Gasteiger partial charge is 0.168 e. The Morgan fingerprint density at radius 2 is 1.85 bits per heavy atom. The van der Waals surface area contributed by atoms with Gasteiger partial charge in [-0.05, 0) is 38.1 Å². The molecule has 1 N–H and O–H groups in total. The highest BCUT2D eigenvalue weighted by molar-refractivity contribution is 5.80. The first kappa shape index (κ1) is 26.1. The average Bonchev–Trinajstić information content (AvgIpc) is 3.48. The number of likely N-dealkylation sites (N-methyl/N-ethyl adjacent to an activating group) is 1. The van der Waals surface area contributed by atoms with E-state index in [1.807, 2.05) is 12.4 Å². The van der Waals surface area contributed by atoms with Gasteiger partial charge in [-0.3, -0.25) is 4.68 Å². The number of hydrogen-bond acceptors (Lipinski definition) is 9. The third kappa shape index (κ3) is 5.47. The molecule has 208 valence electrons. The van der Waals surface area contributed by atoms with Gasteiger partial charge in [0.05, 0.1) is 30.6 Å². The van der Waals surface area contributed by atoms with E-state index in [4.69, 9.17) is 19.6 Å². The minimum atomic E-state index is -0.447. The lowest BCUT2D eigenvalue weighted by molar-refractivity contribution is 0.0662. The predicted octanol–water partition coefficient (Wildman–Crippen LogP) is 4.40. The summed E-state index contributed by atoms with van der Waals surface area (Å²) >= 11 is 0. The van der Waals surface area contributed by atoms with Gasteiger partial charge in [0, 0.05) is 75.2 Å². The number of nitrogens with zero attached hydrogens (tertiary/aromatic N) is 7. The standard InChI is InChI=1S/C29H33FN8O2/c1-36-10-12-37(13-11-36)24-16-27(32-18-22(24)20-17-33-38(19-20)21-7-14-40-15-8-21)34-26-6-9-31-29(35-26)28-23(30)4-3-5-25(28)39-2/h3-6,9,16-19,21H,7-8,10-15H2,1-2H3,(H,31,32,34,35). The van der Waals surface area contributed by atoms with Gasteiger partial charge in [0.15, 0.2) is 5.82 Å². The van der Waals surface area contributed by atoms with Crippen molar-refractivity contribution in [2.45, 2.75) is 18.9 Å². The van der Waals surface area contributed by atoms with E-state index in [2.05, 4.69) is 49.1 Å². The zero-order valence-electron chi connectivity index (χ0n) is 22.8. The lowest BCUT2D eigenvalue weighted by atomic mass is 10.1. The molecule has 3 aromatic heterocycles. The van der Waals surface area contributed by atoms with Crippen molar-refractivity contribution in [3.63, 3.8) is 0 Å². The van der Waals surface area contributed by atoms with Crippen LogP contribution in [0.15, 0.2) is 55.1 Å². The van der Waals surface area contributed by atoms with Crippen LogP contribution < -0.4 is 15.0 Å². The quantitative estimate of drug-likeness (QED) is 0.363. The Hall–Kier alpha value is -4.09. The van der Waals surface area contributed by atoms with Crippen LogP contribution in [-0.2, 0) is 4.74 Å². The molecule has 1 aromatic carbocycles. The number of piperazine rings is 1. The molecule has 2 aliphatic heterocycles. The number of pyridine rings is 1. The molecule has 11 heteroatoms. The molecule has 0 saturated carbocycles. The van der Waals surface area contributed by atoms with Gasteiger partial charge in [-0.2, -0.15) is 5.10 Å². The van der Waals surface area contributed by atoms with Gasteiger partial charge in [0.25, 0.3) is 0 Å². The van der Waals surface area contributed by atoms with Crippen LogP contribution in [-0.4, -0.2) is 83.2 Å². The molecule has 2 aliphatic rings. The molecule has 0 amide bonds. The topological polar surface area (TPSA) is 93.5 Å². The Balaban J connectivity index is 1.31. The number of halogens is 1. The summed E-state index contributed by atoms with van der Waals surface area (Å²) in [6.07, 6.45) is 9.47. The summed E-state index contributed by atoms with van der Waals surface area (Å²) in [5, 5.41) is 8.00. The second-order valence-corrected chi connectivity index (χ2v) is 10.1. The summed E-state index contributed by atoms with van der Waals surface area (Å²) in [5.41, 5.74) is 3.38. The molecule has 5 heterocycles. The summed E-state index contributed by atoms with van der Waals surface area (Å²) in [6.45, 7) is 5.31. The largest absolute Gasteiger partial charge is 0.496 e. The minimum Gasteiger partial charge on any atom is -0.496 e. The highest BCUT2D eigenvalue weighted by atomic mass is 19.1. The van der Waals surface area contributed by atoms with Gasteiger partial charge < -0.3 is 24.6 Å². The maximum atomic E-state index is 14.7. The predicted molar refractivity (Wildman–Crippen MR) is 152 cm³/mol. The van der Waals surface area contributed by atoms with Crippen molar-refractivity contribution in [1.29, 1.82) is 0 Å². The number of ether oxygens (including phenoxy) is 2. The molecule has 4 aromatic rings. The van der Waals surface area contributed by atoms with Crippen LogP contribution in [0, 0.1) is 5.82 Å². The fourth-order valence-corrected chi connectivity index (χ4v) is 5.24. The van der Waals surface area contributed by atoms with E-state index < -0.39 is 5.82 Å². The maximum absolute atomic E-state index is 14.7. The molecule has 0 bridgehead atoms. The molecule has 0 aliphatic carbocycles. The Morgan fingerprint density at radius 1 is 1.02 bits per heavy atom. The highest BCUT2D eigenvalue weighted by Crippen LogP contribution is 2.35. The van der Waals surface area contributed by atoms with Gasteiger partial charge in [-0.25, -0.2) is 19.3 Å². The molecule has 10 nitrogen and oxygen atoms in total. The summed E-state index contributed by atoms with van der Waals surface area (Å²) in [4.78, 5) is 18.3. The van der Waals surface area contributed by atoms with E-state index in [0.29, 0.717) is 23.4 Å². The van der Waals surface area contributed by atoms with Gasteiger partial charge >= 0.3 is 0 Å². The molecule has 0 atom stereocenters. The van der Waals surface area contributed by atoms with Crippen LogP contribution in [0.1, 0.15) is 18.9 Å². The van der Waals surface area contributed by atoms with Crippen molar-refractivity contribution < 1.29 is 13.9 Å². The zero-order chi connectivity index (χ0) is 27.5. The normalized spacial score (nSPS) is 16.7. The summed E-state index contributed by atoms with van der Waals surface area (Å²) in [5.74, 6) is 1.30. The van der Waals surface area contributed by atoms with Crippen LogP contribution >= 0.6 is 0 Å². The van der Waals surface area contributed by atoms with E-state index in [0.717, 1.165) is 69.0 Å². The molecular weight excluding hydrogens is 511 g/mol. The minimum absolute atomic E-state index is 0.219. The van der Waals surface area contributed by atoms with Crippen LogP contribution in [0.2, 0.25) is 0 Å². The molecule has 0 unspecified atom stereocenters.